The zero-order valence-electron chi connectivity index (χ0n) is 11.6. The van der Waals surface area contributed by atoms with Crippen LogP contribution in [0.15, 0.2) is 36.5 Å². The number of hydrogen-bond donors (Lipinski definition) is 2. The van der Waals surface area contributed by atoms with Crippen molar-refractivity contribution in [1.29, 1.82) is 0 Å². The topological polar surface area (TPSA) is 68.2 Å². The molecule has 0 atom stereocenters. The molecule has 0 saturated carbocycles. The molecular formula is C14H18N4O2. The average molecular weight is 274 g/mol. The van der Waals surface area contributed by atoms with E-state index in [-0.39, 0.29) is 6.03 Å². The molecule has 0 aliphatic rings. The fourth-order valence-electron chi connectivity index (χ4n) is 1.73. The minimum absolute atomic E-state index is 0.326. The smallest absolute Gasteiger partial charge is 0.324 e. The van der Waals surface area contributed by atoms with Gasteiger partial charge in [0.25, 0.3) is 0 Å². The van der Waals surface area contributed by atoms with E-state index in [9.17, 15) is 4.79 Å². The maximum atomic E-state index is 11.9. The third-order valence-corrected chi connectivity index (χ3v) is 2.68. The Morgan fingerprint density at radius 3 is 2.80 bits per heavy atom. The lowest BCUT2D eigenvalue weighted by molar-refractivity contribution is 0.134. The van der Waals surface area contributed by atoms with Crippen molar-refractivity contribution in [2.24, 2.45) is 7.05 Å². The Bertz CT molecular complexity index is 580. The summed E-state index contributed by atoms with van der Waals surface area (Å²) in [6.07, 6.45) is 1.76. The van der Waals surface area contributed by atoms with Crippen LogP contribution in [0.4, 0.5) is 16.3 Å². The molecule has 2 aromatic rings. The molecule has 0 saturated heterocycles. The molecule has 2 rings (SSSR count). The van der Waals surface area contributed by atoms with Gasteiger partial charge in [0, 0.05) is 37.2 Å². The molecule has 20 heavy (non-hydrogen) atoms. The summed E-state index contributed by atoms with van der Waals surface area (Å²) in [6, 6.07) is 8.94. The highest BCUT2D eigenvalue weighted by Crippen LogP contribution is 2.16. The molecule has 0 aliphatic carbocycles. The van der Waals surface area contributed by atoms with E-state index in [0.29, 0.717) is 19.0 Å². The second kappa shape index (κ2) is 6.72. The van der Waals surface area contributed by atoms with Gasteiger partial charge in [-0.1, -0.05) is 18.2 Å². The van der Waals surface area contributed by atoms with Crippen molar-refractivity contribution in [3.05, 3.63) is 42.1 Å². The Labute approximate surface area is 117 Å². The summed E-state index contributed by atoms with van der Waals surface area (Å²) in [4.78, 5) is 11.9. The molecule has 1 aromatic carbocycles. The van der Waals surface area contributed by atoms with E-state index >= 15 is 0 Å². The van der Waals surface area contributed by atoms with Crippen molar-refractivity contribution in [2.45, 2.75) is 13.5 Å². The average Bonchev–Trinajstić information content (AvgIpc) is 2.83. The number of carbonyl (C=O) groups excluding carboxylic acids is 1. The maximum absolute atomic E-state index is 11.9. The Hall–Kier alpha value is -2.34. The number of aromatic nitrogens is 2. The molecule has 0 bridgehead atoms. The molecule has 6 heteroatoms. The number of rotatable bonds is 5. The third kappa shape index (κ3) is 3.83. The largest absolute Gasteiger partial charge is 0.377 e. The van der Waals surface area contributed by atoms with Crippen LogP contribution in [0.25, 0.3) is 0 Å². The molecule has 1 aromatic heterocycles. The van der Waals surface area contributed by atoms with E-state index in [1.54, 1.807) is 24.0 Å². The van der Waals surface area contributed by atoms with Crippen LogP contribution in [-0.4, -0.2) is 22.4 Å². The fraction of sp³-hybridized carbons (Fsp3) is 0.286. The van der Waals surface area contributed by atoms with Crippen LogP contribution in [0.2, 0.25) is 0 Å². The van der Waals surface area contributed by atoms with Crippen LogP contribution in [-0.2, 0) is 18.4 Å². The fourth-order valence-corrected chi connectivity index (χ4v) is 1.73. The molecule has 0 spiro atoms. The van der Waals surface area contributed by atoms with Gasteiger partial charge < -0.3 is 10.1 Å². The van der Waals surface area contributed by atoms with Gasteiger partial charge in [0.2, 0.25) is 0 Å². The summed E-state index contributed by atoms with van der Waals surface area (Å²) in [5.74, 6) is 0.507. The van der Waals surface area contributed by atoms with Gasteiger partial charge in [-0.15, -0.1) is 0 Å². The molecule has 2 amide bonds. The van der Waals surface area contributed by atoms with Crippen molar-refractivity contribution in [3.63, 3.8) is 0 Å². The standard InChI is InChI=1S/C14H18N4O2/c1-3-20-10-11-6-4-5-7-12(11)15-14(19)16-13-8-9-18(2)17-13/h4-9H,3,10H2,1-2H3,(H2,15,16,17,19). The zero-order chi connectivity index (χ0) is 14.4. The maximum Gasteiger partial charge on any atom is 0.324 e. The SMILES string of the molecule is CCOCc1ccccc1NC(=O)Nc1ccn(C)n1. The van der Waals surface area contributed by atoms with Crippen LogP contribution in [0.1, 0.15) is 12.5 Å². The molecule has 0 unspecified atom stereocenters. The zero-order valence-corrected chi connectivity index (χ0v) is 11.6. The lowest BCUT2D eigenvalue weighted by Gasteiger charge is -2.11. The van der Waals surface area contributed by atoms with Crippen LogP contribution >= 0.6 is 0 Å². The molecule has 6 nitrogen and oxygen atoms in total. The molecule has 0 fully saturated rings. The molecule has 106 valence electrons. The summed E-state index contributed by atoms with van der Waals surface area (Å²) < 4.78 is 7.00. The number of anilines is 2. The highest BCUT2D eigenvalue weighted by atomic mass is 16.5. The predicted molar refractivity (Wildman–Crippen MR) is 77.6 cm³/mol. The summed E-state index contributed by atoms with van der Waals surface area (Å²) in [5.41, 5.74) is 1.67. The van der Waals surface area contributed by atoms with Crippen LogP contribution in [0, 0.1) is 0 Å². The molecule has 0 aliphatic heterocycles. The Morgan fingerprint density at radius 2 is 2.10 bits per heavy atom. The summed E-state index contributed by atoms with van der Waals surface area (Å²) in [5, 5.41) is 9.55. The number of amides is 2. The summed E-state index contributed by atoms with van der Waals surface area (Å²) in [6.45, 7) is 3.04. The van der Waals surface area contributed by atoms with Gasteiger partial charge in [0.05, 0.1) is 6.61 Å². The predicted octanol–water partition coefficient (Wildman–Crippen LogP) is 2.60. The lowest BCUT2D eigenvalue weighted by Crippen LogP contribution is -2.20. The van der Waals surface area contributed by atoms with E-state index in [1.807, 2.05) is 31.2 Å². The van der Waals surface area contributed by atoms with E-state index in [0.717, 1.165) is 11.3 Å². The lowest BCUT2D eigenvalue weighted by atomic mass is 10.2. The van der Waals surface area contributed by atoms with Crippen molar-refractivity contribution in [3.8, 4) is 0 Å². The van der Waals surface area contributed by atoms with E-state index in [4.69, 9.17) is 4.74 Å². The van der Waals surface area contributed by atoms with Crippen LogP contribution < -0.4 is 10.6 Å². The van der Waals surface area contributed by atoms with Gasteiger partial charge in [0.15, 0.2) is 5.82 Å². The number of urea groups is 1. The van der Waals surface area contributed by atoms with Crippen LogP contribution in [0.3, 0.4) is 0 Å². The second-order valence-corrected chi connectivity index (χ2v) is 4.25. The quantitative estimate of drug-likeness (QED) is 0.880. The number of aryl methyl sites for hydroxylation is 1. The monoisotopic (exact) mass is 274 g/mol. The minimum atomic E-state index is -0.326. The van der Waals surface area contributed by atoms with Gasteiger partial charge >= 0.3 is 6.03 Å². The second-order valence-electron chi connectivity index (χ2n) is 4.25. The number of nitrogens with zero attached hydrogens (tertiary/aromatic N) is 2. The number of carbonyl (C=O) groups is 1. The number of para-hydroxylation sites is 1. The molecule has 1 heterocycles. The summed E-state index contributed by atoms with van der Waals surface area (Å²) in [7, 11) is 1.79. The highest BCUT2D eigenvalue weighted by molar-refractivity contribution is 5.99. The normalized spacial score (nSPS) is 10.3. The van der Waals surface area contributed by atoms with E-state index in [2.05, 4.69) is 15.7 Å². The van der Waals surface area contributed by atoms with Crippen molar-refractivity contribution in [2.75, 3.05) is 17.2 Å². The first-order chi connectivity index (χ1) is 9.69. The number of nitrogens with one attached hydrogen (secondary N) is 2. The third-order valence-electron chi connectivity index (χ3n) is 2.68. The molecule has 2 N–H and O–H groups in total. The summed E-state index contributed by atoms with van der Waals surface area (Å²) >= 11 is 0. The Kier molecular flexibility index (Phi) is 4.73. The first-order valence-electron chi connectivity index (χ1n) is 6.42. The number of benzene rings is 1. The van der Waals surface area contributed by atoms with Crippen LogP contribution in [0.5, 0.6) is 0 Å². The first kappa shape index (κ1) is 14.1. The van der Waals surface area contributed by atoms with Crippen molar-refractivity contribution in [1.82, 2.24) is 9.78 Å². The van der Waals surface area contributed by atoms with Crippen molar-refractivity contribution < 1.29 is 9.53 Å². The van der Waals surface area contributed by atoms with Gasteiger partial charge in [-0.2, -0.15) is 5.10 Å². The number of hydrogen-bond acceptors (Lipinski definition) is 3. The first-order valence-corrected chi connectivity index (χ1v) is 6.42. The molecular weight excluding hydrogens is 256 g/mol. The van der Waals surface area contributed by atoms with E-state index < -0.39 is 0 Å². The van der Waals surface area contributed by atoms with Crippen molar-refractivity contribution >= 4 is 17.5 Å². The minimum Gasteiger partial charge on any atom is -0.377 e. The van der Waals surface area contributed by atoms with Gasteiger partial charge in [-0.3, -0.25) is 10.00 Å². The van der Waals surface area contributed by atoms with Gasteiger partial charge in [-0.05, 0) is 13.0 Å². The molecule has 0 radical (unpaired) electrons. The number of ether oxygens (including phenoxy) is 1. The van der Waals surface area contributed by atoms with Gasteiger partial charge in [0.1, 0.15) is 0 Å². The Morgan fingerprint density at radius 1 is 1.30 bits per heavy atom. The highest BCUT2D eigenvalue weighted by Gasteiger charge is 2.07. The van der Waals surface area contributed by atoms with E-state index in [1.165, 1.54) is 0 Å². The van der Waals surface area contributed by atoms with Gasteiger partial charge in [-0.25, -0.2) is 4.79 Å². The Balaban J connectivity index is 2.00.